The summed E-state index contributed by atoms with van der Waals surface area (Å²) in [7, 11) is 0. The summed E-state index contributed by atoms with van der Waals surface area (Å²) >= 11 is 0. The number of hydrogen-bond acceptors (Lipinski definition) is 9. The molecule has 0 fully saturated rings. The zero-order valence-corrected chi connectivity index (χ0v) is 9.00. The Bertz CT molecular complexity index is 116. The van der Waals surface area contributed by atoms with Gasteiger partial charge in [-0.3, -0.25) is 0 Å². The second-order valence-electron chi connectivity index (χ2n) is 0.750. The van der Waals surface area contributed by atoms with Crippen LogP contribution in [0.1, 0.15) is 0 Å². The third-order valence-electron chi connectivity index (χ3n) is 0. The Morgan fingerprint density at radius 2 is 0.500 bits per heavy atom. The Morgan fingerprint density at radius 1 is 0.500 bits per heavy atom. The zero-order valence-electron chi connectivity index (χ0n) is 5.69. The van der Waals surface area contributed by atoms with Gasteiger partial charge >= 0.3 is 73.7 Å². The van der Waals surface area contributed by atoms with Crippen LogP contribution in [0.2, 0.25) is 0 Å². The summed E-state index contributed by atoms with van der Waals surface area (Å²) in [5.74, 6) is 0. The van der Waals surface area contributed by atoms with Crippen molar-refractivity contribution in [2.45, 2.75) is 0 Å². The van der Waals surface area contributed by atoms with Crippen LogP contribution in [0.3, 0.4) is 0 Å². The molecule has 0 saturated heterocycles. The van der Waals surface area contributed by atoms with E-state index >= 15 is 0 Å². The van der Waals surface area contributed by atoms with Gasteiger partial charge in [0.1, 0.15) is 0 Å². The van der Waals surface area contributed by atoms with Crippen molar-refractivity contribution in [1.29, 1.82) is 0 Å². The molecular formula is C3Lu2O9. The molecule has 0 saturated carbocycles. The standard InChI is InChI=1S/3CH2O3.2Lu/c3*2-1(3)4;;/h3*(H2,2,3,4);;/q;;;2*+3/p-6. The van der Waals surface area contributed by atoms with Gasteiger partial charge in [-0.05, 0) is 18.5 Å². The van der Waals surface area contributed by atoms with Crippen LogP contribution in [-0.4, -0.2) is 18.5 Å². The quantitative estimate of drug-likeness (QED) is 0.293. The molecule has 0 aromatic rings. The Kier molecular flexibility index (Phi) is 48.6. The zero-order chi connectivity index (χ0) is 10.7. The van der Waals surface area contributed by atoms with Crippen LogP contribution in [-0.2, 0) is 0 Å². The first-order valence-corrected chi connectivity index (χ1v) is 1.84. The van der Waals surface area contributed by atoms with Gasteiger partial charge in [-0.2, -0.15) is 0 Å². The summed E-state index contributed by atoms with van der Waals surface area (Å²) in [5.41, 5.74) is 0. The molecule has 0 aromatic heterocycles. The fraction of sp³-hybridized carbons (Fsp3) is 0. The second kappa shape index (κ2) is 23.3. The molecule has 0 aromatic carbocycles. The van der Waals surface area contributed by atoms with E-state index in [2.05, 4.69) is 0 Å². The van der Waals surface area contributed by atoms with Gasteiger partial charge in [0.2, 0.25) is 0 Å². The first-order valence-electron chi connectivity index (χ1n) is 1.84. The largest absolute Gasteiger partial charge is 3.00 e. The van der Waals surface area contributed by atoms with Crippen LogP contribution in [0.5, 0.6) is 0 Å². The third-order valence-corrected chi connectivity index (χ3v) is 0. The van der Waals surface area contributed by atoms with Crippen molar-refractivity contribution in [3.05, 3.63) is 0 Å². The third kappa shape index (κ3) is 20300. The van der Waals surface area contributed by atoms with Crippen molar-refractivity contribution in [1.82, 2.24) is 0 Å². The predicted octanol–water partition coefficient (Wildman–Crippen LogP) is -7.34. The number of carbonyl (C=O) groups excluding carboxylic acids is 3. The summed E-state index contributed by atoms with van der Waals surface area (Å²) in [6.45, 7) is 0. The van der Waals surface area contributed by atoms with Gasteiger partial charge in [-0.15, -0.1) is 0 Å². The van der Waals surface area contributed by atoms with E-state index in [0.29, 0.717) is 0 Å². The Morgan fingerprint density at radius 3 is 0.500 bits per heavy atom. The Balaban J connectivity index is -0.0000000270. The van der Waals surface area contributed by atoms with Crippen LogP contribution in [0, 0.1) is 73.7 Å². The average Bonchev–Trinajstić information content (AvgIpc) is 1.54. The first-order chi connectivity index (χ1) is 5.20. The van der Waals surface area contributed by atoms with Crippen LogP contribution in [0.4, 0.5) is 14.4 Å². The van der Waals surface area contributed by atoms with Gasteiger partial charge in [0.25, 0.3) is 0 Å². The minimum absolute atomic E-state index is 0. The van der Waals surface area contributed by atoms with E-state index < -0.39 is 18.5 Å². The maximum absolute atomic E-state index is 8.33. The van der Waals surface area contributed by atoms with Gasteiger partial charge in [0.15, 0.2) is 0 Å². The molecule has 0 bridgehead atoms. The van der Waals surface area contributed by atoms with Crippen LogP contribution >= 0.6 is 0 Å². The molecular weight excluding hydrogens is 530 g/mol. The van der Waals surface area contributed by atoms with E-state index in [1.807, 2.05) is 0 Å². The van der Waals surface area contributed by atoms with E-state index in [0.717, 1.165) is 0 Å². The maximum Gasteiger partial charge on any atom is 3.00 e. The average molecular weight is 530 g/mol. The van der Waals surface area contributed by atoms with E-state index in [9.17, 15) is 0 Å². The molecule has 0 aliphatic rings. The van der Waals surface area contributed by atoms with Crippen molar-refractivity contribution >= 4 is 18.5 Å². The van der Waals surface area contributed by atoms with Crippen molar-refractivity contribution in [3.63, 3.8) is 0 Å². The molecule has 0 rings (SSSR count). The summed E-state index contributed by atoms with van der Waals surface area (Å²) < 4.78 is 0. The maximum atomic E-state index is 8.33. The fourth-order valence-electron chi connectivity index (χ4n) is 0. The summed E-state index contributed by atoms with van der Waals surface area (Å²) in [5, 5.41) is 50.0. The molecule has 0 N–H and O–H groups in total. The minimum atomic E-state index is -2.33. The van der Waals surface area contributed by atoms with E-state index in [-0.39, 0.29) is 73.7 Å². The molecule has 0 amide bonds. The van der Waals surface area contributed by atoms with E-state index in [1.54, 1.807) is 0 Å². The van der Waals surface area contributed by atoms with Gasteiger partial charge in [-0.25, -0.2) is 0 Å². The molecule has 14 heavy (non-hydrogen) atoms. The monoisotopic (exact) mass is 530 g/mol. The second-order valence-corrected chi connectivity index (χ2v) is 0.750. The number of carboxylic acid groups (broad SMARTS) is 6. The molecule has 0 unspecified atom stereocenters. The number of rotatable bonds is 0. The molecule has 11 heteroatoms. The number of carbonyl (C=O) groups is 3. The molecule has 0 radical (unpaired) electrons. The first kappa shape index (κ1) is 29.2. The molecule has 0 spiro atoms. The van der Waals surface area contributed by atoms with Crippen molar-refractivity contribution in [3.8, 4) is 0 Å². The summed E-state index contributed by atoms with van der Waals surface area (Å²) in [6, 6.07) is 0. The molecule has 0 atom stereocenters. The van der Waals surface area contributed by atoms with Crippen LogP contribution < -0.4 is 30.6 Å². The van der Waals surface area contributed by atoms with Gasteiger partial charge < -0.3 is 45.0 Å². The van der Waals surface area contributed by atoms with Crippen LogP contribution in [0.15, 0.2) is 0 Å². The molecule has 0 aliphatic heterocycles. The normalized spacial score (nSPS) is 5.14. The smallest absolute Gasteiger partial charge is 0.652 e. The van der Waals surface area contributed by atoms with Crippen molar-refractivity contribution in [2.24, 2.45) is 0 Å². The molecule has 96 valence electrons. The van der Waals surface area contributed by atoms with E-state index in [4.69, 9.17) is 45.0 Å². The summed E-state index contributed by atoms with van der Waals surface area (Å²) in [4.78, 5) is 25.0. The van der Waals surface area contributed by atoms with Gasteiger partial charge in [0, 0.05) is 0 Å². The molecule has 0 heterocycles. The predicted molar refractivity (Wildman–Crippen MR) is 16.2 cm³/mol. The van der Waals surface area contributed by atoms with Crippen molar-refractivity contribution in [2.75, 3.05) is 0 Å². The SMILES string of the molecule is O=C([O-])[O-].O=C([O-])[O-].O=C([O-])[O-].[Lu+3].[Lu+3]. The number of hydrogen-bond donors (Lipinski definition) is 0. The van der Waals surface area contributed by atoms with Crippen LogP contribution in [0.25, 0.3) is 0 Å². The fourth-order valence-corrected chi connectivity index (χ4v) is 0. The topological polar surface area (TPSA) is 190 Å². The Labute approximate surface area is 135 Å². The Hall–Kier alpha value is 0.278. The van der Waals surface area contributed by atoms with Gasteiger partial charge in [0.05, 0.1) is 0 Å². The summed E-state index contributed by atoms with van der Waals surface area (Å²) in [6.07, 6.45) is -7.00. The molecule has 0 aliphatic carbocycles. The molecule has 9 nitrogen and oxygen atoms in total. The van der Waals surface area contributed by atoms with Gasteiger partial charge in [-0.1, -0.05) is 0 Å². The minimum Gasteiger partial charge on any atom is -0.652 e. The van der Waals surface area contributed by atoms with E-state index in [1.165, 1.54) is 0 Å². The van der Waals surface area contributed by atoms with Crippen molar-refractivity contribution < 1.29 is 119 Å².